The Morgan fingerprint density at radius 1 is 0.872 bits per heavy atom. The molecule has 3 saturated carbocycles. The van der Waals surface area contributed by atoms with Gasteiger partial charge in [-0.25, -0.2) is 0 Å². The van der Waals surface area contributed by atoms with Crippen molar-refractivity contribution < 1.29 is 4.79 Å². The first-order chi connectivity index (χ1) is 22.9. The quantitative estimate of drug-likeness (QED) is 0.206. The molecule has 1 heteroatoms. The van der Waals surface area contributed by atoms with Crippen molar-refractivity contribution in [3.63, 3.8) is 0 Å². The highest BCUT2D eigenvalue weighted by Crippen LogP contribution is 2.54. The van der Waals surface area contributed by atoms with E-state index in [-0.39, 0.29) is 5.92 Å². The Hall–Kier alpha value is -3.63. The number of ketones is 1. The number of Topliss-reactive ketones (excluding diaryl/α,β-unsaturated/α-hetero) is 1. The molecule has 1 nitrogen and oxygen atoms in total. The Kier molecular flexibility index (Phi) is 9.68. The third-order valence-electron chi connectivity index (χ3n) is 12.4. The Bertz CT molecular complexity index is 1640. The van der Waals surface area contributed by atoms with Gasteiger partial charge in [-0.3, -0.25) is 4.79 Å². The van der Waals surface area contributed by atoms with Gasteiger partial charge in [0.15, 0.2) is 0 Å². The van der Waals surface area contributed by atoms with E-state index in [0.717, 1.165) is 49.0 Å². The third kappa shape index (κ3) is 7.14. The first-order valence-corrected chi connectivity index (χ1v) is 18.6. The average Bonchev–Trinajstić information content (AvgIpc) is 3.81. The van der Waals surface area contributed by atoms with Crippen molar-refractivity contribution in [1.29, 1.82) is 0 Å². The summed E-state index contributed by atoms with van der Waals surface area (Å²) in [5.41, 5.74) is 9.05. The molecule has 7 rings (SSSR count). The van der Waals surface area contributed by atoms with Crippen LogP contribution in [-0.2, 0) is 17.6 Å². The van der Waals surface area contributed by atoms with E-state index >= 15 is 0 Å². The van der Waals surface area contributed by atoms with Gasteiger partial charge in [-0.15, -0.1) is 6.42 Å². The molecule has 0 saturated heterocycles. The van der Waals surface area contributed by atoms with Crippen molar-refractivity contribution in [3.8, 4) is 12.3 Å². The Balaban J connectivity index is 1.04. The summed E-state index contributed by atoms with van der Waals surface area (Å²) < 4.78 is 0. The number of aryl methyl sites for hydroxylation is 1. The van der Waals surface area contributed by atoms with Gasteiger partial charge in [-0.05, 0) is 145 Å². The summed E-state index contributed by atoms with van der Waals surface area (Å²) in [5, 5.41) is 0. The van der Waals surface area contributed by atoms with E-state index < -0.39 is 0 Å². The zero-order valence-corrected chi connectivity index (χ0v) is 28.5. The number of allylic oxidation sites excluding steroid dienone is 4. The van der Waals surface area contributed by atoms with Gasteiger partial charge in [-0.2, -0.15) is 0 Å². The molecule has 0 amide bonds. The molecule has 6 atom stereocenters. The van der Waals surface area contributed by atoms with E-state index in [2.05, 4.69) is 105 Å². The minimum atomic E-state index is -0.0219. The largest absolute Gasteiger partial charge is 0.299 e. The lowest BCUT2D eigenvalue weighted by molar-refractivity contribution is -0.122. The van der Waals surface area contributed by atoms with Crippen LogP contribution < -0.4 is 0 Å². The van der Waals surface area contributed by atoms with Crippen molar-refractivity contribution in [3.05, 3.63) is 124 Å². The van der Waals surface area contributed by atoms with Crippen LogP contribution in [0.1, 0.15) is 117 Å². The number of carbonyl (C=O) groups excluding carboxylic acids is 1. The lowest BCUT2D eigenvalue weighted by atomic mass is 9.70. The Labute approximate surface area is 284 Å². The molecule has 4 aliphatic rings. The van der Waals surface area contributed by atoms with E-state index in [1.807, 2.05) is 6.07 Å². The highest BCUT2D eigenvalue weighted by Gasteiger charge is 2.43. The summed E-state index contributed by atoms with van der Waals surface area (Å²) in [6.45, 7) is 4.66. The summed E-state index contributed by atoms with van der Waals surface area (Å²) in [6.07, 6.45) is 25.5. The van der Waals surface area contributed by atoms with Gasteiger partial charge in [0.1, 0.15) is 5.78 Å². The minimum Gasteiger partial charge on any atom is -0.299 e. The number of terminal acetylenes is 1. The van der Waals surface area contributed by atoms with E-state index in [9.17, 15) is 4.79 Å². The van der Waals surface area contributed by atoms with Gasteiger partial charge < -0.3 is 0 Å². The third-order valence-corrected chi connectivity index (χ3v) is 12.4. The Morgan fingerprint density at radius 3 is 2.38 bits per heavy atom. The maximum Gasteiger partial charge on any atom is 0.140 e. The molecule has 242 valence electrons. The molecule has 3 aromatic carbocycles. The molecule has 0 aliphatic heterocycles. The van der Waals surface area contributed by atoms with Crippen LogP contribution in [0.5, 0.6) is 0 Å². The molecule has 3 aromatic rings. The highest BCUT2D eigenvalue weighted by molar-refractivity contribution is 5.86. The van der Waals surface area contributed by atoms with Crippen LogP contribution in [0.3, 0.4) is 0 Å². The van der Waals surface area contributed by atoms with Gasteiger partial charge in [-0.1, -0.05) is 105 Å². The van der Waals surface area contributed by atoms with E-state index in [1.54, 1.807) is 0 Å². The monoisotopic (exact) mass is 620 g/mol. The summed E-state index contributed by atoms with van der Waals surface area (Å²) >= 11 is 0. The maximum atomic E-state index is 14.1. The molecule has 0 bridgehead atoms. The van der Waals surface area contributed by atoms with Crippen molar-refractivity contribution >= 4 is 11.4 Å². The number of hydrogen-bond donors (Lipinski definition) is 0. The Morgan fingerprint density at radius 2 is 1.66 bits per heavy atom. The molecule has 0 N–H and O–H groups in total. The number of carbonyl (C=O) groups is 1. The standard InChI is InChI=1S/C46H52O/c1-4-36-16-13-35(30-44(36)42-24-23-41-27-32(3)28-43(41)42)29-34-11-17-38(18-12-34)46(45(47)25-14-33-8-6-5-7-9-33)39-21-19-37(20-22-39)40-15-10-31(2)26-40/h1,5-10,13,15-16,19-22,26,30-32,34,38,41-43,46H,11-12,14,17-18,23-25,27-29H2,2-3H3. The second-order valence-corrected chi connectivity index (χ2v) is 15.6. The molecule has 4 aliphatic carbocycles. The number of rotatable bonds is 10. The van der Waals surface area contributed by atoms with Crippen LogP contribution in [0.2, 0.25) is 0 Å². The van der Waals surface area contributed by atoms with Crippen molar-refractivity contribution in [2.24, 2.45) is 35.5 Å². The second-order valence-electron chi connectivity index (χ2n) is 15.6. The zero-order chi connectivity index (χ0) is 32.3. The second kappa shape index (κ2) is 14.2. The molecule has 6 unspecified atom stereocenters. The summed E-state index contributed by atoms with van der Waals surface area (Å²) in [6, 6.07) is 26.5. The van der Waals surface area contributed by atoms with E-state index in [4.69, 9.17) is 6.42 Å². The number of benzene rings is 3. The van der Waals surface area contributed by atoms with Crippen molar-refractivity contribution in [2.75, 3.05) is 0 Å². The maximum absolute atomic E-state index is 14.1. The lowest BCUT2D eigenvalue weighted by Crippen LogP contribution is -2.27. The zero-order valence-electron chi connectivity index (χ0n) is 28.5. The SMILES string of the molecule is C#Cc1ccc(CC2CCC(C(C(=O)CCc3ccccc3)c3ccc(C4=CC(C)C=C4)cc3)CC2)cc1C1CCC2CC(C)CC21. The first-order valence-electron chi connectivity index (χ1n) is 18.6. The van der Waals surface area contributed by atoms with Crippen LogP contribution in [0.15, 0.2) is 91.0 Å². The van der Waals surface area contributed by atoms with Gasteiger partial charge >= 0.3 is 0 Å². The lowest BCUT2D eigenvalue weighted by Gasteiger charge is -2.34. The molecular weight excluding hydrogens is 569 g/mol. The van der Waals surface area contributed by atoms with Crippen LogP contribution >= 0.6 is 0 Å². The fourth-order valence-corrected chi connectivity index (χ4v) is 10.0. The van der Waals surface area contributed by atoms with Gasteiger partial charge in [0.05, 0.1) is 0 Å². The van der Waals surface area contributed by atoms with Crippen molar-refractivity contribution in [1.82, 2.24) is 0 Å². The first kappa shape index (κ1) is 31.9. The number of hydrogen-bond acceptors (Lipinski definition) is 1. The molecular formula is C46H52O. The van der Waals surface area contributed by atoms with Crippen LogP contribution in [0.4, 0.5) is 0 Å². The van der Waals surface area contributed by atoms with Gasteiger partial charge in [0.2, 0.25) is 0 Å². The smallest absolute Gasteiger partial charge is 0.140 e. The average molecular weight is 621 g/mol. The van der Waals surface area contributed by atoms with Crippen LogP contribution in [0.25, 0.3) is 5.57 Å². The number of fused-ring (bicyclic) bond motifs is 1. The molecule has 3 fully saturated rings. The van der Waals surface area contributed by atoms with E-state index in [0.29, 0.717) is 35.9 Å². The summed E-state index contributed by atoms with van der Waals surface area (Å²) in [5.74, 6) is 8.22. The van der Waals surface area contributed by atoms with Crippen molar-refractivity contribution in [2.45, 2.75) is 96.3 Å². The topological polar surface area (TPSA) is 17.1 Å². The van der Waals surface area contributed by atoms with E-state index in [1.165, 1.54) is 71.9 Å². The molecule has 0 spiro atoms. The summed E-state index contributed by atoms with van der Waals surface area (Å²) in [4.78, 5) is 14.1. The van der Waals surface area contributed by atoms with Gasteiger partial charge in [0, 0.05) is 17.9 Å². The predicted octanol–water partition coefficient (Wildman–Crippen LogP) is 11.1. The minimum absolute atomic E-state index is 0.0219. The fourth-order valence-electron chi connectivity index (χ4n) is 10.0. The predicted molar refractivity (Wildman–Crippen MR) is 196 cm³/mol. The molecule has 0 radical (unpaired) electrons. The van der Waals surface area contributed by atoms with Crippen LogP contribution in [-0.4, -0.2) is 5.78 Å². The normalized spacial score (nSPS) is 28.9. The molecule has 0 heterocycles. The molecule has 47 heavy (non-hydrogen) atoms. The highest BCUT2D eigenvalue weighted by atomic mass is 16.1. The van der Waals surface area contributed by atoms with Gasteiger partial charge in [0.25, 0.3) is 0 Å². The fraction of sp³-hybridized carbons (Fsp3) is 0.457. The molecule has 0 aromatic heterocycles. The summed E-state index contributed by atoms with van der Waals surface area (Å²) in [7, 11) is 0. The van der Waals surface area contributed by atoms with Crippen LogP contribution in [0, 0.1) is 47.9 Å².